The van der Waals surface area contributed by atoms with Gasteiger partial charge in [0.05, 0.1) is 10.7 Å². The maximum Gasteiger partial charge on any atom is 0.0897 e. The van der Waals surface area contributed by atoms with Crippen LogP contribution in [0.15, 0.2) is 5.38 Å². The first kappa shape index (κ1) is 11.0. The summed E-state index contributed by atoms with van der Waals surface area (Å²) in [6.45, 7) is 5.48. The van der Waals surface area contributed by atoms with Gasteiger partial charge in [-0.2, -0.15) is 0 Å². The van der Waals surface area contributed by atoms with Crippen molar-refractivity contribution in [2.75, 3.05) is 19.7 Å². The Morgan fingerprint density at radius 3 is 3.20 bits per heavy atom. The minimum Gasteiger partial charge on any atom is -0.396 e. The molecule has 2 rings (SSSR count). The van der Waals surface area contributed by atoms with Crippen LogP contribution in [0.3, 0.4) is 0 Å². The van der Waals surface area contributed by atoms with Crippen LogP contribution in [-0.4, -0.2) is 34.7 Å². The van der Waals surface area contributed by atoms with Crippen LogP contribution in [0.2, 0.25) is 0 Å². The van der Waals surface area contributed by atoms with Gasteiger partial charge >= 0.3 is 0 Å². The lowest BCUT2D eigenvalue weighted by Gasteiger charge is -2.31. The normalized spacial score (nSPS) is 23.2. The molecule has 0 aliphatic carbocycles. The van der Waals surface area contributed by atoms with Gasteiger partial charge in [-0.05, 0) is 32.2 Å². The Hall–Kier alpha value is -0.450. The standard InChI is InChI=1S/C11H18N2OS/c1-9-12-11(8-15-9)6-13-4-2-3-10(5-13)7-14/h8,10,14H,2-7H2,1H3. The van der Waals surface area contributed by atoms with Gasteiger partial charge in [-0.25, -0.2) is 4.98 Å². The molecule has 1 aliphatic rings. The van der Waals surface area contributed by atoms with Crippen molar-refractivity contribution in [3.63, 3.8) is 0 Å². The van der Waals surface area contributed by atoms with E-state index in [0.717, 1.165) is 24.6 Å². The number of thiazole rings is 1. The second kappa shape index (κ2) is 5.05. The summed E-state index contributed by atoms with van der Waals surface area (Å²) >= 11 is 1.71. The number of aliphatic hydroxyl groups excluding tert-OH is 1. The Morgan fingerprint density at radius 1 is 1.67 bits per heavy atom. The Kier molecular flexibility index (Phi) is 3.72. The topological polar surface area (TPSA) is 36.4 Å². The molecule has 1 unspecified atom stereocenters. The summed E-state index contributed by atoms with van der Waals surface area (Å²) in [6.07, 6.45) is 2.37. The van der Waals surface area contributed by atoms with E-state index in [0.29, 0.717) is 12.5 Å². The lowest BCUT2D eigenvalue weighted by molar-refractivity contribution is 0.115. The smallest absolute Gasteiger partial charge is 0.0897 e. The van der Waals surface area contributed by atoms with Gasteiger partial charge in [0, 0.05) is 25.1 Å². The molecule has 4 heteroatoms. The van der Waals surface area contributed by atoms with E-state index in [1.807, 2.05) is 6.92 Å². The van der Waals surface area contributed by atoms with Crippen molar-refractivity contribution in [1.82, 2.24) is 9.88 Å². The van der Waals surface area contributed by atoms with E-state index < -0.39 is 0 Å². The average Bonchev–Trinajstić information content (AvgIpc) is 2.64. The van der Waals surface area contributed by atoms with Crippen LogP contribution in [0.4, 0.5) is 0 Å². The fraction of sp³-hybridized carbons (Fsp3) is 0.727. The monoisotopic (exact) mass is 226 g/mol. The molecular weight excluding hydrogens is 208 g/mol. The van der Waals surface area contributed by atoms with Crippen LogP contribution in [0.1, 0.15) is 23.5 Å². The van der Waals surface area contributed by atoms with Gasteiger partial charge in [0.1, 0.15) is 0 Å². The molecule has 1 atom stereocenters. The third-order valence-electron chi connectivity index (χ3n) is 2.91. The fourth-order valence-corrected chi connectivity index (χ4v) is 2.76. The molecule has 1 aromatic rings. The molecule has 0 amide bonds. The van der Waals surface area contributed by atoms with E-state index in [2.05, 4.69) is 15.3 Å². The van der Waals surface area contributed by atoms with Crippen molar-refractivity contribution in [3.8, 4) is 0 Å². The van der Waals surface area contributed by atoms with Crippen LogP contribution >= 0.6 is 11.3 Å². The Bertz CT molecular complexity index is 313. The molecule has 0 aromatic carbocycles. The highest BCUT2D eigenvalue weighted by Gasteiger charge is 2.19. The molecule has 0 radical (unpaired) electrons. The highest BCUT2D eigenvalue weighted by molar-refractivity contribution is 7.09. The summed E-state index contributed by atoms with van der Waals surface area (Å²) in [6, 6.07) is 0. The quantitative estimate of drug-likeness (QED) is 0.851. The SMILES string of the molecule is Cc1nc(CN2CCCC(CO)C2)cs1. The largest absolute Gasteiger partial charge is 0.396 e. The molecule has 1 saturated heterocycles. The number of aryl methyl sites for hydroxylation is 1. The number of hydrogen-bond donors (Lipinski definition) is 1. The Balaban J connectivity index is 1.88. The zero-order valence-corrected chi connectivity index (χ0v) is 9.96. The van der Waals surface area contributed by atoms with Gasteiger partial charge in [0.25, 0.3) is 0 Å². The Morgan fingerprint density at radius 2 is 2.53 bits per heavy atom. The van der Waals surface area contributed by atoms with E-state index in [4.69, 9.17) is 5.11 Å². The first-order chi connectivity index (χ1) is 7.28. The predicted octanol–water partition coefficient (Wildman–Crippen LogP) is 1.66. The minimum atomic E-state index is 0.326. The van der Waals surface area contributed by atoms with Crippen LogP contribution in [0.25, 0.3) is 0 Å². The molecule has 1 aromatic heterocycles. The van der Waals surface area contributed by atoms with Crippen molar-refractivity contribution in [2.24, 2.45) is 5.92 Å². The summed E-state index contributed by atoms with van der Waals surface area (Å²) in [4.78, 5) is 6.87. The van der Waals surface area contributed by atoms with Gasteiger partial charge in [0.2, 0.25) is 0 Å². The van der Waals surface area contributed by atoms with Crippen molar-refractivity contribution >= 4 is 11.3 Å². The first-order valence-electron chi connectivity index (χ1n) is 5.52. The number of nitrogens with zero attached hydrogens (tertiary/aromatic N) is 2. The molecule has 0 saturated carbocycles. The fourth-order valence-electron chi connectivity index (χ4n) is 2.15. The van der Waals surface area contributed by atoms with Crippen molar-refractivity contribution in [3.05, 3.63) is 16.1 Å². The summed E-state index contributed by atoms with van der Waals surface area (Å²) in [5.41, 5.74) is 1.18. The van der Waals surface area contributed by atoms with Crippen LogP contribution in [-0.2, 0) is 6.54 Å². The average molecular weight is 226 g/mol. The van der Waals surface area contributed by atoms with Crippen molar-refractivity contribution in [2.45, 2.75) is 26.3 Å². The summed E-state index contributed by atoms with van der Waals surface area (Å²) < 4.78 is 0. The number of aromatic nitrogens is 1. The minimum absolute atomic E-state index is 0.326. The van der Waals surface area contributed by atoms with E-state index >= 15 is 0 Å². The predicted molar refractivity (Wildman–Crippen MR) is 61.9 cm³/mol. The zero-order valence-electron chi connectivity index (χ0n) is 9.15. The maximum atomic E-state index is 9.14. The van der Waals surface area contributed by atoms with Gasteiger partial charge in [-0.1, -0.05) is 0 Å². The van der Waals surface area contributed by atoms with E-state index in [-0.39, 0.29) is 0 Å². The third-order valence-corrected chi connectivity index (χ3v) is 3.74. The van der Waals surface area contributed by atoms with Gasteiger partial charge in [-0.15, -0.1) is 11.3 Å². The zero-order chi connectivity index (χ0) is 10.7. The van der Waals surface area contributed by atoms with Crippen LogP contribution in [0.5, 0.6) is 0 Å². The van der Waals surface area contributed by atoms with E-state index in [1.165, 1.54) is 18.5 Å². The molecule has 3 nitrogen and oxygen atoms in total. The molecule has 1 aliphatic heterocycles. The summed E-state index contributed by atoms with van der Waals surface area (Å²) in [5, 5.41) is 12.4. The second-order valence-corrected chi connectivity index (χ2v) is 5.35. The highest BCUT2D eigenvalue weighted by Crippen LogP contribution is 2.18. The lowest BCUT2D eigenvalue weighted by Crippen LogP contribution is -2.36. The molecular formula is C11H18N2OS. The number of piperidine rings is 1. The lowest BCUT2D eigenvalue weighted by atomic mass is 9.99. The molecule has 0 bridgehead atoms. The molecule has 1 fully saturated rings. The number of likely N-dealkylation sites (tertiary alicyclic amines) is 1. The summed E-state index contributed by atoms with van der Waals surface area (Å²) in [7, 11) is 0. The molecule has 0 spiro atoms. The van der Waals surface area contributed by atoms with Gasteiger partial charge in [0.15, 0.2) is 0 Å². The van der Waals surface area contributed by atoms with Crippen LogP contribution < -0.4 is 0 Å². The van der Waals surface area contributed by atoms with Crippen molar-refractivity contribution < 1.29 is 5.11 Å². The van der Waals surface area contributed by atoms with Gasteiger partial charge in [-0.3, -0.25) is 4.90 Å². The molecule has 2 heterocycles. The molecule has 84 valence electrons. The highest BCUT2D eigenvalue weighted by atomic mass is 32.1. The van der Waals surface area contributed by atoms with E-state index in [1.54, 1.807) is 11.3 Å². The number of aliphatic hydroxyl groups is 1. The summed E-state index contributed by atoms with van der Waals surface area (Å²) in [5.74, 6) is 0.471. The maximum absolute atomic E-state index is 9.14. The Labute approximate surface area is 94.8 Å². The van der Waals surface area contributed by atoms with E-state index in [9.17, 15) is 0 Å². The van der Waals surface area contributed by atoms with Crippen molar-refractivity contribution in [1.29, 1.82) is 0 Å². The number of rotatable bonds is 3. The molecule has 1 N–H and O–H groups in total. The second-order valence-electron chi connectivity index (χ2n) is 4.28. The van der Waals surface area contributed by atoms with Crippen LogP contribution in [0, 0.1) is 12.8 Å². The number of hydrogen-bond acceptors (Lipinski definition) is 4. The molecule has 15 heavy (non-hydrogen) atoms. The first-order valence-corrected chi connectivity index (χ1v) is 6.40. The van der Waals surface area contributed by atoms with Gasteiger partial charge < -0.3 is 5.11 Å². The third kappa shape index (κ3) is 3.00.